The van der Waals surface area contributed by atoms with Crippen LogP contribution in [0, 0.1) is 0 Å². The van der Waals surface area contributed by atoms with Crippen LogP contribution >= 0.6 is 0 Å². The SMILES string of the molecule is C=CCCCOc1ccc(CC(C)N)cc1. The zero-order valence-electron chi connectivity index (χ0n) is 9.99. The summed E-state index contributed by atoms with van der Waals surface area (Å²) in [6.45, 7) is 6.44. The average Bonchev–Trinajstić information content (AvgIpc) is 2.26. The molecule has 0 spiro atoms. The van der Waals surface area contributed by atoms with Crippen LogP contribution < -0.4 is 10.5 Å². The van der Waals surface area contributed by atoms with Crippen molar-refractivity contribution in [3.8, 4) is 5.75 Å². The molecule has 1 unspecified atom stereocenters. The van der Waals surface area contributed by atoms with Crippen molar-refractivity contribution < 1.29 is 4.74 Å². The van der Waals surface area contributed by atoms with E-state index in [-0.39, 0.29) is 6.04 Å². The smallest absolute Gasteiger partial charge is 0.119 e. The maximum Gasteiger partial charge on any atom is 0.119 e. The first-order valence-corrected chi connectivity index (χ1v) is 5.80. The van der Waals surface area contributed by atoms with E-state index >= 15 is 0 Å². The molecule has 1 atom stereocenters. The van der Waals surface area contributed by atoms with Gasteiger partial charge in [-0.3, -0.25) is 0 Å². The molecule has 2 N–H and O–H groups in total. The predicted octanol–water partition coefficient (Wildman–Crippen LogP) is 2.92. The zero-order chi connectivity index (χ0) is 11.8. The second-order valence-corrected chi connectivity index (χ2v) is 4.10. The minimum absolute atomic E-state index is 0.208. The molecule has 2 nitrogen and oxygen atoms in total. The maximum atomic E-state index is 5.74. The Morgan fingerprint density at radius 1 is 1.38 bits per heavy atom. The summed E-state index contributed by atoms with van der Waals surface area (Å²) in [6, 6.07) is 8.37. The summed E-state index contributed by atoms with van der Waals surface area (Å²) in [7, 11) is 0. The van der Waals surface area contributed by atoms with Gasteiger partial charge in [0.25, 0.3) is 0 Å². The van der Waals surface area contributed by atoms with Crippen molar-refractivity contribution in [1.82, 2.24) is 0 Å². The molecule has 0 saturated carbocycles. The average molecular weight is 219 g/mol. The van der Waals surface area contributed by atoms with Crippen molar-refractivity contribution in [1.29, 1.82) is 0 Å². The van der Waals surface area contributed by atoms with Gasteiger partial charge in [0.05, 0.1) is 6.61 Å². The van der Waals surface area contributed by atoms with Crippen molar-refractivity contribution in [3.05, 3.63) is 42.5 Å². The summed E-state index contributed by atoms with van der Waals surface area (Å²) in [5, 5.41) is 0. The lowest BCUT2D eigenvalue weighted by Crippen LogP contribution is -2.17. The van der Waals surface area contributed by atoms with Gasteiger partial charge in [0, 0.05) is 6.04 Å². The predicted molar refractivity (Wildman–Crippen MR) is 68.7 cm³/mol. The lowest BCUT2D eigenvalue weighted by molar-refractivity contribution is 0.312. The topological polar surface area (TPSA) is 35.2 Å². The normalized spacial score (nSPS) is 12.1. The zero-order valence-corrected chi connectivity index (χ0v) is 9.99. The van der Waals surface area contributed by atoms with Crippen molar-refractivity contribution >= 4 is 0 Å². The molecule has 1 aromatic carbocycles. The van der Waals surface area contributed by atoms with Gasteiger partial charge in [-0.15, -0.1) is 6.58 Å². The van der Waals surface area contributed by atoms with Crippen LogP contribution in [0.25, 0.3) is 0 Å². The molecule has 0 radical (unpaired) electrons. The van der Waals surface area contributed by atoms with Crippen molar-refractivity contribution in [2.45, 2.75) is 32.2 Å². The fourth-order valence-corrected chi connectivity index (χ4v) is 1.51. The first kappa shape index (κ1) is 12.8. The molecule has 1 rings (SSSR count). The molecule has 0 aromatic heterocycles. The van der Waals surface area contributed by atoms with Crippen LogP contribution in [0.3, 0.4) is 0 Å². The Balaban J connectivity index is 2.36. The van der Waals surface area contributed by atoms with E-state index in [1.807, 2.05) is 25.1 Å². The van der Waals surface area contributed by atoms with E-state index in [4.69, 9.17) is 10.5 Å². The van der Waals surface area contributed by atoms with Crippen molar-refractivity contribution in [2.75, 3.05) is 6.61 Å². The third-order valence-corrected chi connectivity index (χ3v) is 2.30. The Bertz CT molecular complexity index is 303. The molecule has 16 heavy (non-hydrogen) atoms. The standard InChI is InChI=1S/C14H21NO/c1-3-4-5-10-16-14-8-6-13(7-9-14)11-12(2)15/h3,6-9,12H,1,4-5,10-11,15H2,2H3. The van der Waals surface area contributed by atoms with Gasteiger partial charge >= 0.3 is 0 Å². The number of nitrogens with two attached hydrogens (primary N) is 1. The van der Waals surface area contributed by atoms with E-state index in [0.29, 0.717) is 0 Å². The highest BCUT2D eigenvalue weighted by atomic mass is 16.5. The molecule has 0 bridgehead atoms. The first-order chi connectivity index (χ1) is 7.72. The number of hydrogen-bond donors (Lipinski definition) is 1. The number of hydrogen-bond acceptors (Lipinski definition) is 2. The first-order valence-electron chi connectivity index (χ1n) is 5.80. The minimum atomic E-state index is 0.208. The summed E-state index contributed by atoms with van der Waals surface area (Å²) in [5.41, 5.74) is 6.99. The third-order valence-electron chi connectivity index (χ3n) is 2.30. The van der Waals surface area contributed by atoms with Crippen LogP contribution in [0.15, 0.2) is 36.9 Å². The van der Waals surface area contributed by atoms with Gasteiger partial charge in [0.2, 0.25) is 0 Å². The fraction of sp³-hybridized carbons (Fsp3) is 0.429. The Kier molecular flexibility index (Phi) is 5.65. The number of rotatable bonds is 7. The van der Waals surface area contributed by atoms with Gasteiger partial charge in [-0.2, -0.15) is 0 Å². The van der Waals surface area contributed by atoms with Gasteiger partial charge in [-0.25, -0.2) is 0 Å². The third kappa shape index (κ3) is 4.99. The lowest BCUT2D eigenvalue weighted by atomic mass is 10.1. The Morgan fingerprint density at radius 2 is 2.06 bits per heavy atom. The molecule has 0 saturated heterocycles. The summed E-state index contributed by atoms with van der Waals surface area (Å²) >= 11 is 0. The van der Waals surface area contributed by atoms with Crippen LogP contribution in [0.2, 0.25) is 0 Å². The maximum absolute atomic E-state index is 5.74. The van der Waals surface area contributed by atoms with Gasteiger partial charge in [-0.05, 0) is 43.9 Å². The molecule has 1 aromatic rings. The molecule has 0 fully saturated rings. The van der Waals surface area contributed by atoms with E-state index in [0.717, 1.165) is 31.6 Å². The van der Waals surface area contributed by atoms with Crippen LogP contribution in [-0.2, 0) is 6.42 Å². The minimum Gasteiger partial charge on any atom is -0.494 e. The van der Waals surface area contributed by atoms with Crippen LogP contribution in [-0.4, -0.2) is 12.6 Å². The van der Waals surface area contributed by atoms with Gasteiger partial charge in [-0.1, -0.05) is 18.2 Å². The van der Waals surface area contributed by atoms with Crippen LogP contribution in [0.5, 0.6) is 5.75 Å². The molecular formula is C14H21NO. The molecular weight excluding hydrogens is 198 g/mol. The summed E-state index contributed by atoms with van der Waals surface area (Å²) in [5.74, 6) is 0.928. The van der Waals surface area contributed by atoms with E-state index in [2.05, 4.69) is 18.7 Å². The summed E-state index contributed by atoms with van der Waals surface area (Å²) < 4.78 is 5.59. The fourth-order valence-electron chi connectivity index (χ4n) is 1.51. The van der Waals surface area contributed by atoms with Gasteiger partial charge in [0.1, 0.15) is 5.75 Å². The Hall–Kier alpha value is -1.28. The van der Waals surface area contributed by atoms with Crippen LogP contribution in [0.4, 0.5) is 0 Å². The van der Waals surface area contributed by atoms with E-state index < -0.39 is 0 Å². The lowest BCUT2D eigenvalue weighted by Gasteiger charge is -2.08. The molecule has 88 valence electrons. The number of unbranched alkanes of at least 4 members (excludes halogenated alkanes) is 1. The largest absolute Gasteiger partial charge is 0.494 e. The molecule has 0 aliphatic rings. The monoisotopic (exact) mass is 219 g/mol. The Morgan fingerprint density at radius 3 is 2.62 bits per heavy atom. The number of benzene rings is 1. The van der Waals surface area contributed by atoms with Crippen LogP contribution in [0.1, 0.15) is 25.3 Å². The summed E-state index contributed by atoms with van der Waals surface area (Å²) in [4.78, 5) is 0. The number of ether oxygens (including phenoxy) is 1. The second-order valence-electron chi connectivity index (χ2n) is 4.10. The highest BCUT2D eigenvalue weighted by Gasteiger charge is 1.98. The number of allylic oxidation sites excluding steroid dienone is 1. The van der Waals surface area contributed by atoms with Gasteiger partial charge in [0.15, 0.2) is 0 Å². The van der Waals surface area contributed by atoms with Gasteiger partial charge < -0.3 is 10.5 Å². The molecule has 2 heteroatoms. The second kappa shape index (κ2) is 7.07. The summed E-state index contributed by atoms with van der Waals surface area (Å²) in [6.07, 6.45) is 4.85. The van der Waals surface area contributed by atoms with E-state index in [1.165, 1.54) is 5.56 Å². The quantitative estimate of drug-likeness (QED) is 0.565. The molecule has 0 aliphatic carbocycles. The molecule has 0 amide bonds. The molecule has 0 heterocycles. The van der Waals surface area contributed by atoms with E-state index in [9.17, 15) is 0 Å². The van der Waals surface area contributed by atoms with Crippen molar-refractivity contribution in [2.24, 2.45) is 5.73 Å². The highest BCUT2D eigenvalue weighted by Crippen LogP contribution is 2.13. The Labute approximate surface area is 98.1 Å². The van der Waals surface area contributed by atoms with Crippen molar-refractivity contribution in [3.63, 3.8) is 0 Å². The molecule has 0 aliphatic heterocycles. The van der Waals surface area contributed by atoms with E-state index in [1.54, 1.807) is 0 Å². The highest BCUT2D eigenvalue weighted by molar-refractivity contribution is 5.27.